The van der Waals surface area contributed by atoms with Crippen LogP contribution in [0.4, 0.5) is 5.69 Å². The highest BCUT2D eigenvalue weighted by Gasteiger charge is 2.46. The Bertz CT molecular complexity index is 978. The van der Waals surface area contributed by atoms with Crippen LogP contribution in [0.5, 0.6) is 5.75 Å². The van der Waals surface area contributed by atoms with Crippen LogP contribution in [0.25, 0.3) is 0 Å². The van der Waals surface area contributed by atoms with Gasteiger partial charge in [0.25, 0.3) is 5.91 Å². The predicted octanol–water partition coefficient (Wildman–Crippen LogP) is 4.08. The Morgan fingerprint density at radius 1 is 1.16 bits per heavy atom. The van der Waals surface area contributed by atoms with Gasteiger partial charge in [-0.1, -0.05) is 18.2 Å². The summed E-state index contributed by atoms with van der Waals surface area (Å²) >= 11 is 0. The Morgan fingerprint density at radius 2 is 1.90 bits per heavy atom. The number of amides is 1. The van der Waals surface area contributed by atoms with E-state index in [4.69, 9.17) is 9.73 Å². The van der Waals surface area contributed by atoms with Crippen molar-refractivity contribution in [3.8, 4) is 5.75 Å². The van der Waals surface area contributed by atoms with Gasteiger partial charge in [-0.25, -0.2) is 0 Å². The Labute approximate surface area is 184 Å². The second kappa shape index (κ2) is 8.35. The monoisotopic (exact) mass is 420 g/mol. The minimum Gasteiger partial charge on any atom is -0.494 e. The highest BCUT2D eigenvalue weighted by molar-refractivity contribution is 6.05. The molecule has 6 heteroatoms. The van der Waals surface area contributed by atoms with Gasteiger partial charge in [-0.15, -0.1) is 0 Å². The molecule has 1 amide bonds. The highest BCUT2D eigenvalue weighted by Crippen LogP contribution is 2.31. The van der Waals surface area contributed by atoms with E-state index >= 15 is 0 Å². The normalized spacial score (nSPS) is 22.2. The first-order chi connectivity index (χ1) is 14.8. The number of nitrogens with one attached hydrogen (secondary N) is 2. The minimum atomic E-state index is -0.396. The summed E-state index contributed by atoms with van der Waals surface area (Å²) in [5.41, 5.74) is 2.33. The average Bonchev–Trinajstić information content (AvgIpc) is 3.11. The van der Waals surface area contributed by atoms with E-state index < -0.39 is 5.54 Å². The lowest BCUT2D eigenvalue weighted by molar-refractivity contribution is 0.0786. The average molecular weight is 421 g/mol. The minimum absolute atomic E-state index is 0.0404. The first-order valence-electron chi connectivity index (χ1n) is 11.0. The van der Waals surface area contributed by atoms with Crippen LogP contribution in [-0.4, -0.2) is 47.4 Å². The van der Waals surface area contributed by atoms with Crippen LogP contribution in [0.3, 0.4) is 0 Å². The van der Waals surface area contributed by atoms with Crippen molar-refractivity contribution in [2.24, 2.45) is 4.99 Å². The SMILES string of the molecule is CCOc1ccc(C(=O)N2CC[C@@]3(C2)NCc2ccccc2NC3=NC(C)(C)C)cc1. The van der Waals surface area contributed by atoms with Crippen LogP contribution in [-0.2, 0) is 6.54 Å². The molecule has 1 spiro atoms. The van der Waals surface area contributed by atoms with Gasteiger partial charge < -0.3 is 15.0 Å². The molecule has 0 radical (unpaired) electrons. The number of fused-ring (bicyclic) bond motifs is 1. The summed E-state index contributed by atoms with van der Waals surface area (Å²) < 4.78 is 5.50. The molecule has 2 heterocycles. The van der Waals surface area contributed by atoms with Crippen LogP contribution < -0.4 is 15.4 Å². The zero-order valence-corrected chi connectivity index (χ0v) is 18.9. The van der Waals surface area contributed by atoms with E-state index in [2.05, 4.69) is 49.6 Å². The molecule has 31 heavy (non-hydrogen) atoms. The Hall–Kier alpha value is -2.86. The topological polar surface area (TPSA) is 66.0 Å². The van der Waals surface area contributed by atoms with E-state index in [0.717, 1.165) is 30.2 Å². The molecule has 2 aromatic carbocycles. The number of rotatable bonds is 3. The van der Waals surface area contributed by atoms with Crippen LogP contribution in [0.15, 0.2) is 53.5 Å². The van der Waals surface area contributed by atoms with Crippen molar-refractivity contribution in [1.82, 2.24) is 10.2 Å². The van der Waals surface area contributed by atoms with Crippen LogP contribution in [0.2, 0.25) is 0 Å². The molecule has 1 saturated heterocycles. The second-order valence-electron chi connectivity index (χ2n) is 9.28. The number of likely N-dealkylation sites (tertiary alicyclic amines) is 1. The second-order valence-corrected chi connectivity index (χ2v) is 9.28. The molecular weight excluding hydrogens is 388 g/mol. The number of para-hydroxylation sites is 1. The summed E-state index contributed by atoms with van der Waals surface area (Å²) in [6.45, 7) is 10.9. The molecule has 0 aromatic heterocycles. The molecule has 2 aromatic rings. The molecule has 0 bridgehead atoms. The summed E-state index contributed by atoms with van der Waals surface area (Å²) in [7, 11) is 0. The van der Waals surface area contributed by atoms with Gasteiger partial charge in [-0.2, -0.15) is 0 Å². The molecule has 0 aliphatic carbocycles. The van der Waals surface area contributed by atoms with E-state index in [9.17, 15) is 4.79 Å². The number of anilines is 1. The number of amidine groups is 1. The third kappa shape index (κ3) is 4.59. The number of carbonyl (C=O) groups is 1. The van der Waals surface area contributed by atoms with Crippen molar-refractivity contribution in [2.75, 3.05) is 25.0 Å². The zero-order valence-electron chi connectivity index (χ0n) is 18.9. The number of benzene rings is 2. The molecule has 2 N–H and O–H groups in total. The first kappa shape index (κ1) is 21.4. The summed E-state index contributed by atoms with van der Waals surface area (Å²) in [6.07, 6.45) is 0.811. The summed E-state index contributed by atoms with van der Waals surface area (Å²) in [4.78, 5) is 20.2. The van der Waals surface area contributed by atoms with Gasteiger partial charge in [0.05, 0.1) is 17.7 Å². The fourth-order valence-electron chi connectivity index (χ4n) is 4.23. The van der Waals surface area contributed by atoms with Crippen molar-refractivity contribution in [2.45, 2.75) is 51.7 Å². The fraction of sp³-hybridized carbons (Fsp3) is 0.440. The largest absolute Gasteiger partial charge is 0.494 e. The van der Waals surface area contributed by atoms with Gasteiger partial charge >= 0.3 is 0 Å². The van der Waals surface area contributed by atoms with E-state index in [1.165, 1.54) is 5.56 Å². The summed E-state index contributed by atoms with van der Waals surface area (Å²) in [6, 6.07) is 15.7. The Morgan fingerprint density at radius 3 is 2.61 bits per heavy atom. The molecule has 2 aliphatic heterocycles. The Balaban J connectivity index is 1.60. The van der Waals surface area contributed by atoms with E-state index in [1.54, 1.807) is 0 Å². The molecular formula is C25H32N4O2. The van der Waals surface area contributed by atoms with Gasteiger partial charge in [0, 0.05) is 30.9 Å². The standard InChI is InChI=1S/C25H32N4O2/c1-5-31-20-12-10-18(11-13-20)22(30)29-15-14-25(17-29)23(28-24(2,3)4)27-21-9-7-6-8-19(21)16-26-25/h6-13,26H,5,14-17H2,1-4H3,(H,27,28)/t25-/m0/s1. The first-order valence-corrected chi connectivity index (χ1v) is 11.0. The summed E-state index contributed by atoms with van der Waals surface area (Å²) in [5, 5.41) is 7.34. The van der Waals surface area contributed by atoms with Crippen LogP contribution in [0, 0.1) is 0 Å². The quantitative estimate of drug-likeness (QED) is 0.785. The Kier molecular flexibility index (Phi) is 5.75. The predicted molar refractivity (Wildman–Crippen MR) is 125 cm³/mol. The summed E-state index contributed by atoms with van der Waals surface area (Å²) in [5.74, 6) is 1.73. The van der Waals surface area contributed by atoms with Crippen molar-refractivity contribution in [3.05, 3.63) is 59.7 Å². The molecule has 164 valence electrons. The highest BCUT2D eigenvalue weighted by atomic mass is 16.5. The molecule has 0 saturated carbocycles. The van der Waals surface area contributed by atoms with Gasteiger partial charge in [-0.05, 0) is 70.0 Å². The maximum Gasteiger partial charge on any atom is 0.253 e. The zero-order chi connectivity index (χ0) is 22.1. The molecule has 4 rings (SSSR count). The molecule has 0 unspecified atom stereocenters. The van der Waals surface area contributed by atoms with Crippen LogP contribution in [0.1, 0.15) is 50.0 Å². The third-order valence-electron chi connectivity index (χ3n) is 5.76. The number of hydrogen-bond acceptors (Lipinski definition) is 4. The van der Waals surface area contributed by atoms with Crippen molar-refractivity contribution < 1.29 is 9.53 Å². The lowest BCUT2D eigenvalue weighted by Gasteiger charge is -2.32. The van der Waals surface area contributed by atoms with Gasteiger partial charge in [-0.3, -0.25) is 15.1 Å². The lowest BCUT2D eigenvalue weighted by Crippen LogP contribution is -2.56. The number of ether oxygens (including phenoxy) is 1. The van der Waals surface area contributed by atoms with E-state index in [-0.39, 0.29) is 11.4 Å². The smallest absolute Gasteiger partial charge is 0.253 e. The molecule has 2 aliphatic rings. The number of aliphatic imine (C=N–C) groups is 1. The van der Waals surface area contributed by atoms with Crippen LogP contribution >= 0.6 is 0 Å². The maximum absolute atomic E-state index is 13.2. The van der Waals surface area contributed by atoms with Crippen molar-refractivity contribution >= 4 is 17.4 Å². The van der Waals surface area contributed by atoms with Crippen molar-refractivity contribution in [1.29, 1.82) is 0 Å². The van der Waals surface area contributed by atoms with E-state index in [1.807, 2.05) is 42.2 Å². The number of hydrogen-bond donors (Lipinski definition) is 2. The van der Waals surface area contributed by atoms with Gasteiger partial charge in [0.1, 0.15) is 11.6 Å². The fourth-order valence-corrected chi connectivity index (χ4v) is 4.23. The molecule has 1 atom stereocenters. The maximum atomic E-state index is 13.2. The molecule has 6 nitrogen and oxygen atoms in total. The number of nitrogens with zero attached hydrogens (tertiary/aromatic N) is 2. The number of carbonyl (C=O) groups excluding carboxylic acids is 1. The lowest BCUT2D eigenvalue weighted by atomic mass is 9.95. The third-order valence-corrected chi connectivity index (χ3v) is 5.76. The van der Waals surface area contributed by atoms with E-state index in [0.29, 0.717) is 25.3 Å². The van der Waals surface area contributed by atoms with Gasteiger partial charge in [0.2, 0.25) is 0 Å². The van der Waals surface area contributed by atoms with Crippen molar-refractivity contribution in [3.63, 3.8) is 0 Å². The molecule has 1 fully saturated rings. The van der Waals surface area contributed by atoms with Gasteiger partial charge in [0.15, 0.2) is 0 Å².